The van der Waals surface area contributed by atoms with Gasteiger partial charge in [-0.25, -0.2) is 0 Å². The fourth-order valence-electron chi connectivity index (χ4n) is 1.48. The molecule has 2 amide bonds. The molecule has 0 aliphatic heterocycles. The summed E-state index contributed by atoms with van der Waals surface area (Å²) >= 11 is 0. The SMILES string of the molecule is C=CC[C@H](CC(=O)N[C@H](C)CO)C(=O)NC[C@H](C)O. The van der Waals surface area contributed by atoms with Crippen molar-refractivity contribution in [3.05, 3.63) is 12.7 Å². The van der Waals surface area contributed by atoms with Gasteiger partial charge in [0.05, 0.1) is 18.6 Å². The third-order valence-electron chi connectivity index (χ3n) is 2.51. The third-order valence-corrected chi connectivity index (χ3v) is 2.51. The number of aliphatic hydroxyl groups excluding tert-OH is 2. The van der Waals surface area contributed by atoms with E-state index in [-0.39, 0.29) is 37.4 Å². The zero-order valence-electron chi connectivity index (χ0n) is 11.6. The molecule has 6 nitrogen and oxygen atoms in total. The molecule has 0 spiro atoms. The van der Waals surface area contributed by atoms with E-state index in [9.17, 15) is 9.59 Å². The number of aliphatic hydroxyl groups is 2. The van der Waals surface area contributed by atoms with Crippen molar-refractivity contribution in [1.82, 2.24) is 10.6 Å². The Labute approximate surface area is 113 Å². The van der Waals surface area contributed by atoms with Crippen molar-refractivity contribution in [1.29, 1.82) is 0 Å². The quantitative estimate of drug-likeness (QED) is 0.428. The molecule has 0 radical (unpaired) electrons. The summed E-state index contributed by atoms with van der Waals surface area (Å²) in [6.07, 6.45) is 1.36. The summed E-state index contributed by atoms with van der Waals surface area (Å²) < 4.78 is 0. The van der Waals surface area contributed by atoms with Gasteiger partial charge in [-0.15, -0.1) is 6.58 Å². The normalized spacial score (nSPS) is 15.2. The molecule has 4 N–H and O–H groups in total. The van der Waals surface area contributed by atoms with Crippen LogP contribution in [0.1, 0.15) is 26.7 Å². The number of nitrogens with one attached hydrogen (secondary N) is 2. The van der Waals surface area contributed by atoms with Gasteiger partial charge < -0.3 is 20.8 Å². The topological polar surface area (TPSA) is 98.7 Å². The van der Waals surface area contributed by atoms with Crippen molar-refractivity contribution >= 4 is 11.8 Å². The standard InChI is InChI=1S/C13H24N2O4/c1-4-5-11(13(19)14-7-10(3)17)6-12(18)15-9(2)8-16/h4,9-11,16-17H,1,5-8H2,2-3H3,(H,14,19)(H,15,18)/t9-,10+,11-/m1/s1. The highest BCUT2D eigenvalue weighted by Crippen LogP contribution is 2.10. The third kappa shape index (κ3) is 8.34. The summed E-state index contributed by atoms with van der Waals surface area (Å²) in [4.78, 5) is 23.5. The highest BCUT2D eigenvalue weighted by Gasteiger charge is 2.21. The van der Waals surface area contributed by atoms with Crippen LogP contribution in [0.3, 0.4) is 0 Å². The summed E-state index contributed by atoms with van der Waals surface area (Å²) in [6, 6.07) is -0.336. The first-order chi connectivity index (χ1) is 8.90. The molecular weight excluding hydrogens is 248 g/mol. The van der Waals surface area contributed by atoms with Gasteiger partial charge in [0.25, 0.3) is 0 Å². The number of amides is 2. The number of hydrogen-bond acceptors (Lipinski definition) is 4. The maximum Gasteiger partial charge on any atom is 0.224 e. The number of allylic oxidation sites excluding steroid dienone is 1. The van der Waals surface area contributed by atoms with Crippen LogP contribution in [-0.4, -0.2) is 47.3 Å². The second-order valence-electron chi connectivity index (χ2n) is 4.67. The van der Waals surface area contributed by atoms with Crippen LogP contribution in [0.5, 0.6) is 0 Å². The lowest BCUT2D eigenvalue weighted by molar-refractivity contribution is -0.130. The lowest BCUT2D eigenvalue weighted by atomic mass is 9.99. The Morgan fingerprint density at radius 2 is 2.00 bits per heavy atom. The first-order valence-corrected chi connectivity index (χ1v) is 6.37. The zero-order chi connectivity index (χ0) is 14.8. The van der Waals surface area contributed by atoms with Crippen LogP contribution in [0.4, 0.5) is 0 Å². The average molecular weight is 272 g/mol. The van der Waals surface area contributed by atoms with Crippen molar-refractivity contribution in [2.75, 3.05) is 13.2 Å². The number of carbonyl (C=O) groups excluding carboxylic acids is 2. The lowest BCUT2D eigenvalue weighted by Crippen LogP contribution is -2.40. The van der Waals surface area contributed by atoms with E-state index in [0.29, 0.717) is 6.42 Å². The average Bonchev–Trinajstić information content (AvgIpc) is 2.35. The Morgan fingerprint density at radius 1 is 1.37 bits per heavy atom. The minimum absolute atomic E-state index is 0.0298. The Hall–Kier alpha value is -1.40. The molecule has 0 aromatic heterocycles. The van der Waals surface area contributed by atoms with Crippen LogP contribution < -0.4 is 10.6 Å². The van der Waals surface area contributed by atoms with E-state index in [2.05, 4.69) is 17.2 Å². The molecule has 6 heteroatoms. The Bertz CT molecular complexity index is 305. The summed E-state index contributed by atoms with van der Waals surface area (Å²) in [7, 11) is 0. The smallest absolute Gasteiger partial charge is 0.224 e. The zero-order valence-corrected chi connectivity index (χ0v) is 11.6. The van der Waals surface area contributed by atoms with Gasteiger partial charge in [0.1, 0.15) is 0 Å². The summed E-state index contributed by atoms with van der Waals surface area (Å²) in [5.74, 6) is -1.09. The predicted molar refractivity (Wildman–Crippen MR) is 72.3 cm³/mol. The van der Waals surface area contributed by atoms with Gasteiger partial charge in [0.15, 0.2) is 0 Å². The maximum absolute atomic E-state index is 11.8. The van der Waals surface area contributed by atoms with Gasteiger partial charge in [-0.3, -0.25) is 9.59 Å². The van der Waals surface area contributed by atoms with Crippen LogP contribution in [0.25, 0.3) is 0 Å². The number of hydrogen-bond donors (Lipinski definition) is 4. The molecule has 3 atom stereocenters. The van der Waals surface area contributed by atoms with Gasteiger partial charge in [0.2, 0.25) is 11.8 Å². The molecule has 0 heterocycles. The van der Waals surface area contributed by atoms with E-state index in [1.807, 2.05) is 0 Å². The van der Waals surface area contributed by atoms with Gasteiger partial charge in [0, 0.05) is 19.0 Å². The fourth-order valence-corrected chi connectivity index (χ4v) is 1.48. The summed E-state index contributed by atoms with van der Waals surface area (Å²) in [5.41, 5.74) is 0. The first-order valence-electron chi connectivity index (χ1n) is 6.37. The highest BCUT2D eigenvalue weighted by molar-refractivity contribution is 5.86. The van der Waals surface area contributed by atoms with Crippen LogP contribution in [0.2, 0.25) is 0 Å². The molecule has 0 saturated heterocycles. The molecule has 0 aromatic carbocycles. The molecule has 0 aliphatic rings. The van der Waals surface area contributed by atoms with E-state index in [4.69, 9.17) is 10.2 Å². The Balaban J connectivity index is 4.34. The van der Waals surface area contributed by atoms with E-state index in [1.54, 1.807) is 19.9 Å². The van der Waals surface area contributed by atoms with Gasteiger partial charge in [-0.1, -0.05) is 6.08 Å². The van der Waals surface area contributed by atoms with Crippen molar-refractivity contribution in [2.24, 2.45) is 5.92 Å². The van der Waals surface area contributed by atoms with Crippen LogP contribution >= 0.6 is 0 Å². The Morgan fingerprint density at radius 3 is 2.47 bits per heavy atom. The van der Waals surface area contributed by atoms with Gasteiger partial charge in [-0.2, -0.15) is 0 Å². The largest absolute Gasteiger partial charge is 0.394 e. The number of carbonyl (C=O) groups is 2. The molecule has 19 heavy (non-hydrogen) atoms. The molecule has 0 fully saturated rings. The van der Waals surface area contributed by atoms with Crippen molar-refractivity contribution in [3.8, 4) is 0 Å². The fraction of sp³-hybridized carbons (Fsp3) is 0.692. The lowest BCUT2D eigenvalue weighted by Gasteiger charge is -2.17. The molecule has 0 saturated carbocycles. The van der Waals surface area contributed by atoms with E-state index in [0.717, 1.165) is 0 Å². The second kappa shape index (κ2) is 9.52. The summed E-state index contributed by atoms with van der Waals surface area (Å²) in [6.45, 7) is 6.81. The Kier molecular flexibility index (Phi) is 8.82. The van der Waals surface area contributed by atoms with Crippen LogP contribution in [-0.2, 0) is 9.59 Å². The van der Waals surface area contributed by atoms with Crippen molar-refractivity contribution in [2.45, 2.75) is 38.8 Å². The molecule has 110 valence electrons. The predicted octanol–water partition coefficient (Wildman–Crippen LogP) is -0.437. The van der Waals surface area contributed by atoms with E-state index in [1.165, 1.54) is 0 Å². The van der Waals surface area contributed by atoms with E-state index >= 15 is 0 Å². The maximum atomic E-state index is 11.8. The van der Waals surface area contributed by atoms with Crippen LogP contribution in [0, 0.1) is 5.92 Å². The number of rotatable bonds is 9. The molecule has 0 rings (SSSR count). The van der Waals surface area contributed by atoms with Crippen LogP contribution in [0.15, 0.2) is 12.7 Å². The second-order valence-corrected chi connectivity index (χ2v) is 4.67. The van der Waals surface area contributed by atoms with Crippen molar-refractivity contribution in [3.63, 3.8) is 0 Å². The molecule has 0 aliphatic carbocycles. The molecule has 0 unspecified atom stereocenters. The molecular formula is C13H24N2O4. The highest BCUT2D eigenvalue weighted by atomic mass is 16.3. The minimum atomic E-state index is -0.628. The molecule has 0 bridgehead atoms. The molecule has 0 aromatic rings. The first kappa shape index (κ1) is 17.6. The monoisotopic (exact) mass is 272 g/mol. The van der Waals surface area contributed by atoms with Gasteiger partial charge >= 0.3 is 0 Å². The van der Waals surface area contributed by atoms with Crippen molar-refractivity contribution < 1.29 is 19.8 Å². The van der Waals surface area contributed by atoms with Gasteiger partial charge in [-0.05, 0) is 20.3 Å². The minimum Gasteiger partial charge on any atom is -0.394 e. The summed E-state index contributed by atoms with van der Waals surface area (Å²) in [5, 5.41) is 23.1. The van der Waals surface area contributed by atoms with E-state index < -0.39 is 12.0 Å².